The van der Waals surface area contributed by atoms with Gasteiger partial charge in [0.05, 0.1) is 11.0 Å². The molecule has 0 atom stereocenters. The van der Waals surface area contributed by atoms with Crippen LogP contribution in [0.1, 0.15) is 11.4 Å². The summed E-state index contributed by atoms with van der Waals surface area (Å²) in [5.41, 5.74) is 3.23. The van der Waals surface area contributed by atoms with Crippen LogP contribution in [0.25, 0.3) is 11.0 Å². The number of hydrogen-bond acceptors (Lipinski definition) is 2. The molecule has 0 bridgehead atoms. The number of aryl methyl sites for hydroxylation is 3. The minimum Gasteiger partial charge on any atom is -0.508 e. The maximum atomic E-state index is 9.49. The number of aromatic hydroxyl groups is 1. The third-order valence-electron chi connectivity index (χ3n) is 3.44. The number of phenolic OH excluding ortho intramolecular Hbond substituents is 1. The van der Waals surface area contributed by atoms with Gasteiger partial charge in [-0.2, -0.15) is 0 Å². The largest absolute Gasteiger partial charge is 0.508 e. The molecule has 0 fully saturated rings. The quantitative estimate of drug-likeness (QED) is 0.778. The van der Waals surface area contributed by atoms with Crippen LogP contribution in [0, 0.1) is 0 Å². The number of fused-ring (bicyclic) bond motifs is 1. The Morgan fingerprint density at radius 3 is 2.63 bits per heavy atom. The number of imidazole rings is 1. The monoisotopic (exact) mass is 252 g/mol. The summed E-state index contributed by atoms with van der Waals surface area (Å²) >= 11 is 0. The maximum absolute atomic E-state index is 9.49. The predicted molar refractivity (Wildman–Crippen MR) is 76.2 cm³/mol. The first kappa shape index (κ1) is 11.8. The van der Waals surface area contributed by atoms with E-state index in [0.29, 0.717) is 0 Å². The van der Waals surface area contributed by atoms with Crippen LogP contribution >= 0.6 is 0 Å². The van der Waals surface area contributed by atoms with Crippen LogP contribution in [0.5, 0.6) is 5.75 Å². The van der Waals surface area contributed by atoms with Crippen molar-refractivity contribution in [2.45, 2.75) is 12.8 Å². The summed E-state index contributed by atoms with van der Waals surface area (Å²) in [4.78, 5) is 4.59. The van der Waals surface area contributed by atoms with Crippen molar-refractivity contribution < 1.29 is 5.11 Å². The van der Waals surface area contributed by atoms with Crippen molar-refractivity contribution in [2.24, 2.45) is 7.05 Å². The van der Waals surface area contributed by atoms with E-state index in [9.17, 15) is 5.11 Å². The minimum atomic E-state index is 0.264. The van der Waals surface area contributed by atoms with Crippen LogP contribution in [-0.4, -0.2) is 14.7 Å². The van der Waals surface area contributed by atoms with Gasteiger partial charge in [-0.3, -0.25) is 0 Å². The molecule has 3 heteroatoms. The van der Waals surface area contributed by atoms with E-state index < -0.39 is 0 Å². The molecule has 3 aromatic rings. The minimum absolute atomic E-state index is 0.264. The number of phenols is 1. The molecule has 1 N–H and O–H groups in total. The summed E-state index contributed by atoms with van der Waals surface area (Å²) in [5, 5.41) is 9.49. The molecule has 19 heavy (non-hydrogen) atoms. The first-order valence-electron chi connectivity index (χ1n) is 6.42. The molecule has 1 aromatic heterocycles. The molecule has 0 aliphatic heterocycles. The van der Waals surface area contributed by atoms with Gasteiger partial charge in [0.1, 0.15) is 11.6 Å². The van der Waals surface area contributed by atoms with Crippen LogP contribution in [0.3, 0.4) is 0 Å². The first-order valence-corrected chi connectivity index (χ1v) is 6.42. The zero-order valence-corrected chi connectivity index (χ0v) is 10.9. The van der Waals surface area contributed by atoms with Crippen LogP contribution in [0.4, 0.5) is 0 Å². The number of hydrogen-bond donors (Lipinski definition) is 1. The van der Waals surface area contributed by atoms with Gasteiger partial charge in [0.15, 0.2) is 0 Å². The van der Waals surface area contributed by atoms with Crippen LogP contribution < -0.4 is 0 Å². The molecule has 0 amide bonds. The normalized spacial score (nSPS) is 11.0. The Morgan fingerprint density at radius 2 is 1.84 bits per heavy atom. The molecule has 0 saturated heterocycles. The molecule has 3 rings (SSSR count). The second-order valence-electron chi connectivity index (χ2n) is 4.75. The summed E-state index contributed by atoms with van der Waals surface area (Å²) in [5.74, 6) is 1.31. The molecule has 2 aromatic carbocycles. The van der Waals surface area contributed by atoms with E-state index in [-0.39, 0.29) is 5.75 Å². The average molecular weight is 252 g/mol. The Hall–Kier alpha value is -2.29. The second kappa shape index (κ2) is 4.76. The third kappa shape index (κ3) is 2.32. The van der Waals surface area contributed by atoms with Crippen molar-refractivity contribution in [1.82, 2.24) is 9.55 Å². The SMILES string of the molecule is Cn1c(CCc2ccccc2)nc2cc(O)ccc21. The lowest BCUT2D eigenvalue weighted by Gasteiger charge is -2.02. The molecular weight excluding hydrogens is 236 g/mol. The summed E-state index contributed by atoms with van der Waals surface area (Å²) < 4.78 is 2.09. The lowest BCUT2D eigenvalue weighted by molar-refractivity contribution is 0.476. The van der Waals surface area contributed by atoms with Crippen molar-refractivity contribution in [2.75, 3.05) is 0 Å². The third-order valence-corrected chi connectivity index (χ3v) is 3.44. The van der Waals surface area contributed by atoms with Crippen LogP contribution in [0.15, 0.2) is 48.5 Å². The zero-order chi connectivity index (χ0) is 13.2. The summed E-state index contributed by atoms with van der Waals surface area (Å²) in [6, 6.07) is 15.7. The standard InChI is InChI=1S/C16H16N2O/c1-18-15-9-8-13(19)11-14(15)17-16(18)10-7-12-5-3-2-4-6-12/h2-6,8-9,11,19H,7,10H2,1H3. The van der Waals surface area contributed by atoms with Crippen molar-refractivity contribution in [3.63, 3.8) is 0 Å². The highest BCUT2D eigenvalue weighted by Crippen LogP contribution is 2.20. The van der Waals surface area contributed by atoms with Crippen molar-refractivity contribution in [1.29, 1.82) is 0 Å². The number of benzene rings is 2. The highest BCUT2D eigenvalue weighted by Gasteiger charge is 2.08. The molecule has 3 nitrogen and oxygen atoms in total. The Balaban J connectivity index is 1.87. The maximum Gasteiger partial charge on any atom is 0.117 e. The van der Waals surface area contributed by atoms with E-state index in [4.69, 9.17) is 0 Å². The van der Waals surface area contributed by atoms with Gasteiger partial charge in [0.2, 0.25) is 0 Å². The fourth-order valence-corrected chi connectivity index (χ4v) is 2.36. The second-order valence-corrected chi connectivity index (χ2v) is 4.75. The molecule has 0 aliphatic carbocycles. The summed E-state index contributed by atoms with van der Waals surface area (Å²) in [7, 11) is 2.02. The molecule has 0 spiro atoms. The number of rotatable bonds is 3. The van der Waals surface area contributed by atoms with Gasteiger partial charge in [-0.1, -0.05) is 30.3 Å². The Morgan fingerprint density at radius 1 is 1.05 bits per heavy atom. The van der Waals surface area contributed by atoms with Crippen LogP contribution in [0.2, 0.25) is 0 Å². The Labute approximate surface area is 112 Å². The topological polar surface area (TPSA) is 38.0 Å². The van der Waals surface area contributed by atoms with E-state index >= 15 is 0 Å². The molecule has 0 aliphatic rings. The lowest BCUT2D eigenvalue weighted by Crippen LogP contribution is -2.00. The van der Waals surface area contributed by atoms with Gasteiger partial charge < -0.3 is 9.67 Å². The molecule has 1 heterocycles. The van der Waals surface area contributed by atoms with Crippen molar-refractivity contribution in [3.05, 3.63) is 59.9 Å². The lowest BCUT2D eigenvalue weighted by atomic mass is 10.1. The van der Waals surface area contributed by atoms with Gasteiger partial charge >= 0.3 is 0 Å². The summed E-state index contributed by atoms with van der Waals surface area (Å²) in [6.45, 7) is 0. The van der Waals surface area contributed by atoms with Gasteiger partial charge in [0.25, 0.3) is 0 Å². The van der Waals surface area contributed by atoms with Gasteiger partial charge in [-0.05, 0) is 24.1 Å². The smallest absolute Gasteiger partial charge is 0.117 e. The Bertz CT molecular complexity index is 701. The van der Waals surface area contributed by atoms with Crippen LogP contribution in [-0.2, 0) is 19.9 Å². The number of nitrogens with zero attached hydrogens (tertiary/aromatic N) is 2. The van der Waals surface area contributed by atoms with Crippen molar-refractivity contribution in [3.8, 4) is 5.75 Å². The fraction of sp³-hybridized carbons (Fsp3) is 0.188. The molecule has 0 saturated carbocycles. The molecule has 0 unspecified atom stereocenters. The predicted octanol–water partition coefficient (Wildman–Crippen LogP) is 3.06. The molecule has 96 valence electrons. The highest BCUT2D eigenvalue weighted by atomic mass is 16.3. The van der Waals surface area contributed by atoms with Gasteiger partial charge in [-0.25, -0.2) is 4.98 Å². The highest BCUT2D eigenvalue weighted by molar-refractivity contribution is 5.77. The summed E-state index contributed by atoms with van der Waals surface area (Å²) in [6.07, 6.45) is 1.87. The average Bonchev–Trinajstić information content (AvgIpc) is 2.74. The van der Waals surface area contributed by atoms with E-state index in [0.717, 1.165) is 29.7 Å². The van der Waals surface area contributed by atoms with E-state index in [2.05, 4.69) is 33.8 Å². The van der Waals surface area contributed by atoms with Gasteiger partial charge in [-0.15, -0.1) is 0 Å². The first-order chi connectivity index (χ1) is 9.24. The van der Waals surface area contributed by atoms with E-state index in [1.807, 2.05) is 19.2 Å². The zero-order valence-electron chi connectivity index (χ0n) is 10.9. The van der Waals surface area contributed by atoms with Gasteiger partial charge in [0, 0.05) is 19.5 Å². The molecular formula is C16H16N2O. The fourth-order valence-electron chi connectivity index (χ4n) is 2.36. The number of aromatic nitrogens is 2. The van der Waals surface area contributed by atoms with Crippen molar-refractivity contribution >= 4 is 11.0 Å². The van der Waals surface area contributed by atoms with E-state index in [1.165, 1.54) is 5.56 Å². The Kier molecular flexibility index (Phi) is 2.95. The molecule has 0 radical (unpaired) electrons. The van der Waals surface area contributed by atoms with E-state index in [1.54, 1.807) is 12.1 Å².